The van der Waals surface area contributed by atoms with Crippen LogP contribution in [0.4, 0.5) is 0 Å². The highest BCUT2D eigenvalue weighted by atomic mass is 16.7. The van der Waals surface area contributed by atoms with Crippen LogP contribution in [-0.2, 0) is 16.5 Å². The number of nitrogens with zero attached hydrogens (tertiary/aromatic N) is 2. The molecular formula is C9H15N3O3. The van der Waals surface area contributed by atoms with Crippen molar-refractivity contribution in [1.82, 2.24) is 15.1 Å². The van der Waals surface area contributed by atoms with E-state index in [4.69, 9.17) is 9.47 Å². The van der Waals surface area contributed by atoms with Crippen LogP contribution in [0, 0.1) is 0 Å². The van der Waals surface area contributed by atoms with Gasteiger partial charge in [-0.2, -0.15) is 5.10 Å². The second kappa shape index (κ2) is 5.47. The van der Waals surface area contributed by atoms with Gasteiger partial charge in [0.2, 0.25) is 0 Å². The van der Waals surface area contributed by atoms with E-state index >= 15 is 0 Å². The largest absolute Gasteiger partial charge is 0.354 e. The molecule has 1 aromatic heterocycles. The molecule has 0 saturated heterocycles. The van der Waals surface area contributed by atoms with E-state index in [0.29, 0.717) is 12.2 Å². The van der Waals surface area contributed by atoms with Gasteiger partial charge < -0.3 is 14.8 Å². The molecule has 0 saturated carbocycles. The monoisotopic (exact) mass is 213 g/mol. The number of methoxy groups -OCH3 is 2. The van der Waals surface area contributed by atoms with E-state index in [2.05, 4.69) is 10.4 Å². The smallest absolute Gasteiger partial charge is 0.269 e. The third-order valence-electron chi connectivity index (χ3n) is 2.01. The number of hydrogen-bond donors (Lipinski definition) is 1. The first-order valence-corrected chi connectivity index (χ1v) is 4.50. The Balaban J connectivity index is 2.47. The minimum absolute atomic E-state index is 0.200. The minimum atomic E-state index is -0.429. The summed E-state index contributed by atoms with van der Waals surface area (Å²) in [7, 11) is 4.74. The molecule has 0 atom stereocenters. The van der Waals surface area contributed by atoms with Gasteiger partial charge >= 0.3 is 0 Å². The average Bonchev–Trinajstić information content (AvgIpc) is 2.66. The molecule has 0 bridgehead atoms. The number of amides is 1. The standard InChI is InChI=1S/C9H15N3O3/c1-12-7(4-5-11-12)9(13)10-6-8(14-2)15-3/h4-5,8H,6H2,1-3H3,(H,10,13). The summed E-state index contributed by atoms with van der Waals surface area (Å²) in [6, 6.07) is 1.64. The van der Waals surface area contributed by atoms with E-state index in [9.17, 15) is 4.79 Å². The van der Waals surface area contributed by atoms with E-state index in [0.717, 1.165) is 0 Å². The van der Waals surface area contributed by atoms with Gasteiger partial charge in [-0.3, -0.25) is 9.48 Å². The van der Waals surface area contributed by atoms with Crippen LogP contribution in [0.25, 0.3) is 0 Å². The van der Waals surface area contributed by atoms with Crippen molar-refractivity contribution in [3.05, 3.63) is 18.0 Å². The molecule has 1 amide bonds. The van der Waals surface area contributed by atoms with E-state index < -0.39 is 6.29 Å². The second-order valence-corrected chi connectivity index (χ2v) is 2.95. The molecular weight excluding hydrogens is 198 g/mol. The molecule has 0 spiro atoms. The Hall–Kier alpha value is -1.40. The molecule has 1 N–H and O–H groups in total. The highest BCUT2D eigenvalue weighted by Crippen LogP contribution is 1.96. The fourth-order valence-electron chi connectivity index (χ4n) is 1.13. The average molecular weight is 213 g/mol. The van der Waals surface area contributed by atoms with Gasteiger partial charge in [0.1, 0.15) is 5.69 Å². The van der Waals surface area contributed by atoms with Crippen molar-refractivity contribution in [3.63, 3.8) is 0 Å². The van der Waals surface area contributed by atoms with Crippen molar-refractivity contribution in [2.75, 3.05) is 20.8 Å². The summed E-state index contributed by atoms with van der Waals surface area (Å²) in [4.78, 5) is 11.6. The fourth-order valence-corrected chi connectivity index (χ4v) is 1.13. The molecule has 0 aliphatic rings. The first-order chi connectivity index (χ1) is 7.19. The topological polar surface area (TPSA) is 65.4 Å². The van der Waals surface area contributed by atoms with Crippen molar-refractivity contribution >= 4 is 5.91 Å². The maximum absolute atomic E-state index is 11.6. The lowest BCUT2D eigenvalue weighted by atomic mass is 10.4. The van der Waals surface area contributed by atoms with Gasteiger partial charge in [0.25, 0.3) is 5.91 Å². The van der Waals surface area contributed by atoms with Crippen molar-refractivity contribution in [2.45, 2.75) is 6.29 Å². The molecule has 6 heteroatoms. The number of aromatic nitrogens is 2. The number of carbonyl (C=O) groups excluding carboxylic acids is 1. The van der Waals surface area contributed by atoms with Crippen LogP contribution in [0.1, 0.15) is 10.5 Å². The molecule has 0 aliphatic carbocycles. The number of nitrogens with one attached hydrogen (secondary N) is 1. The summed E-state index contributed by atoms with van der Waals surface area (Å²) in [5.41, 5.74) is 0.501. The van der Waals surface area contributed by atoms with Crippen LogP contribution in [0.15, 0.2) is 12.3 Å². The Morgan fingerprint density at radius 1 is 1.60 bits per heavy atom. The van der Waals surface area contributed by atoms with Crippen LogP contribution >= 0.6 is 0 Å². The zero-order chi connectivity index (χ0) is 11.3. The number of aryl methyl sites for hydroxylation is 1. The summed E-state index contributed by atoms with van der Waals surface area (Å²) in [6.45, 7) is 0.303. The normalized spacial score (nSPS) is 10.7. The van der Waals surface area contributed by atoms with Crippen LogP contribution in [-0.4, -0.2) is 42.7 Å². The molecule has 1 heterocycles. The van der Waals surface area contributed by atoms with Crippen LogP contribution in [0.5, 0.6) is 0 Å². The minimum Gasteiger partial charge on any atom is -0.354 e. The van der Waals surface area contributed by atoms with Gasteiger partial charge in [0, 0.05) is 27.5 Å². The fraction of sp³-hybridized carbons (Fsp3) is 0.556. The Kier molecular flexibility index (Phi) is 4.26. The molecule has 84 valence electrons. The van der Waals surface area contributed by atoms with E-state index in [1.54, 1.807) is 19.3 Å². The van der Waals surface area contributed by atoms with Gasteiger partial charge in [-0.1, -0.05) is 0 Å². The van der Waals surface area contributed by atoms with E-state index in [1.165, 1.54) is 18.9 Å². The van der Waals surface area contributed by atoms with Gasteiger partial charge in [-0.25, -0.2) is 0 Å². The van der Waals surface area contributed by atoms with Crippen molar-refractivity contribution in [2.24, 2.45) is 7.05 Å². The molecule has 1 aromatic rings. The number of hydrogen-bond acceptors (Lipinski definition) is 4. The summed E-state index contributed by atoms with van der Waals surface area (Å²) in [5, 5.41) is 6.58. The maximum atomic E-state index is 11.6. The van der Waals surface area contributed by atoms with Crippen molar-refractivity contribution in [1.29, 1.82) is 0 Å². The molecule has 0 unspecified atom stereocenters. The van der Waals surface area contributed by atoms with Crippen LogP contribution in [0.3, 0.4) is 0 Å². The summed E-state index contributed by atoms with van der Waals surface area (Å²) < 4.78 is 11.4. The van der Waals surface area contributed by atoms with Gasteiger partial charge in [0.05, 0.1) is 6.54 Å². The Morgan fingerprint density at radius 3 is 2.73 bits per heavy atom. The number of rotatable bonds is 5. The molecule has 0 radical (unpaired) electrons. The second-order valence-electron chi connectivity index (χ2n) is 2.95. The highest BCUT2D eigenvalue weighted by Gasteiger charge is 2.12. The molecule has 0 fully saturated rings. The zero-order valence-corrected chi connectivity index (χ0v) is 9.06. The SMILES string of the molecule is COC(CNC(=O)c1ccnn1C)OC. The molecule has 0 aromatic carbocycles. The van der Waals surface area contributed by atoms with Crippen molar-refractivity contribution in [3.8, 4) is 0 Å². The Morgan fingerprint density at radius 2 is 2.27 bits per heavy atom. The van der Waals surface area contributed by atoms with E-state index in [-0.39, 0.29) is 5.91 Å². The lowest BCUT2D eigenvalue weighted by Gasteiger charge is -2.13. The molecule has 15 heavy (non-hydrogen) atoms. The summed E-state index contributed by atoms with van der Waals surface area (Å²) in [5.74, 6) is -0.200. The lowest BCUT2D eigenvalue weighted by molar-refractivity contribution is -0.0974. The highest BCUT2D eigenvalue weighted by molar-refractivity contribution is 5.92. The quantitative estimate of drug-likeness (QED) is 0.686. The van der Waals surface area contributed by atoms with Gasteiger partial charge in [-0.05, 0) is 6.07 Å². The zero-order valence-electron chi connectivity index (χ0n) is 9.06. The summed E-state index contributed by atoms with van der Waals surface area (Å²) >= 11 is 0. The first-order valence-electron chi connectivity index (χ1n) is 4.50. The molecule has 0 aliphatic heterocycles. The third kappa shape index (κ3) is 3.03. The molecule has 1 rings (SSSR count). The Bertz CT molecular complexity index is 320. The van der Waals surface area contributed by atoms with Crippen molar-refractivity contribution < 1.29 is 14.3 Å². The third-order valence-corrected chi connectivity index (χ3v) is 2.01. The lowest BCUT2D eigenvalue weighted by Crippen LogP contribution is -2.35. The van der Waals surface area contributed by atoms with Crippen LogP contribution < -0.4 is 5.32 Å². The number of carbonyl (C=O) groups is 1. The summed E-state index contributed by atoms with van der Waals surface area (Å²) in [6.07, 6.45) is 1.14. The number of ether oxygens (including phenoxy) is 2. The molecule has 6 nitrogen and oxygen atoms in total. The predicted octanol–water partition coefficient (Wildman–Crippen LogP) is -0.231. The maximum Gasteiger partial charge on any atom is 0.269 e. The predicted molar refractivity (Wildman–Crippen MR) is 53.3 cm³/mol. The van der Waals surface area contributed by atoms with E-state index in [1.807, 2.05) is 0 Å². The van der Waals surface area contributed by atoms with Crippen LogP contribution in [0.2, 0.25) is 0 Å². The first kappa shape index (κ1) is 11.7. The van der Waals surface area contributed by atoms with Gasteiger partial charge in [-0.15, -0.1) is 0 Å². The Labute approximate surface area is 88.2 Å². The van der Waals surface area contributed by atoms with Gasteiger partial charge in [0.15, 0.2) is 6.29 Å².